The second-order valence-electron chi connectivity index (χ2n) is 4.26. The Morgan fingerprint density at radius 2 is 1.75 bits per heavy atom. The van der Waals surface area contributed by atoms with E-state index in [1.165, 1.54) is 0 Å². The van der Waals surface area contributed by atoms with E-state index >= 15 is 0 Å². The maximum atomic E-state index is 6.32. The number of methoxy groups -OCH3 is 2. The minimum Gasteiger partial charge on any atom is -0.497 e. The van der Waals surface area contributed by atoms with E-state index in [0.29, 0.717) is 10.8 Å². The molecule has 0 saturated carbocycles. The summed E-state index contributed by atoms with van der Waals surface area (Å²) in [4.78, 5) is 0. The molecule has 106 valence electrons. The zero-order chi connectivity index (χ0) is 14.7. The molecular weight excluding hydrogens is 342 g/mol. The molecule has 0 spiro atoms. The third kappa shape index (κ3) is 3.08. The Morgan fingerprint density at radius 3 is 2.30 bits per heavy atom. The Labute approximate surface area is 131 Å². The van der Waals surface area contributed by atoms with Crippen molar-refractivity contribution in [2.75, 3.05) is 14.2 Å². The van der Waals surface area contributed by atoms with Gasteiger partial charge in [-0.2, -0.15) is 0 Å². The van der Waals surface area contributed by atoms with E-state index in [1.54, 1.807) is 20.3 Å². The maximum absolute atomic E-state index is 6.32. The lowest BCUT2D eigenvalue weighted by Gasteiger charge is -2.18. The van der Waals surface area contributed by atoms with Crippen LogP contribution in [0.1, 0.15) is 17.2 Å². The first kappa shape index (κ1) is 15.2. The molecule has 0 radical (unpaired) electrons. The van der Waals surface area contributed by atoms with Gasteiger partial charge in [-0.25, -0.2) is 0 Å². The third-order valence-electron chi connectivity index (χ3n) is 3.05. The van der Waals surface area contributed by atoms with Crippen LogP contribution in [0.25, 0.3) is 0 Å². The van der Waals surface area contributed by atoms with E-state index in [0.717, 1.165) is 21.3 Å². The minimum absolute atomic E-state index is 0.328. The van der Waals surface area contributed by atoms with Gasteiger partial charge < -0.3 is 15.2 Å². The van der Waals surface area contributed by atoms with Gasteiger partial charge in [0.1, 0.15) is 11.5 Å². The van der Waals surface area contributed by atoms with Gasteiger partial charge in [0.15, 0.2) is 0 Å². The molecule has 0 bridgehead atoms. The Morgan fingerprint density at radius 1 is 1.10 bits per heavy atom. The minimum atomic E-state index is -0.328. The van der Waals surface area contributed by atoms with E-state index in [1.807, 2.05) is 30.3 Å². The van der Waals surface area contributed by atoms with E-state index in [4.69, 9.17) is 26.8 Å². The van der Waals surface area contributed by atoms with Crippen LogP contribution in [0.4, 0.5) is 0 Å². The van der Waals surface area contributed by atoms with Crippen LogP contribution in [0.3, 0.4) is 0 Å². The molecule has 20 heavy (non-hydrogen) atoms. The van der Waals surface area contributed by atoms with Crippen LogP contribution < -0.4 is 15.2 Å². The van der Waals surface area contributed by atoms with Crippen molar-refractivity contribution in [3.8, 4) is 11.5 Å². The number of benzene rings is 2. The molecule has 3 nitrogen and oxygen atoms in total. The summed E-state index contributed by atoms with van der Waals surface area (Å²) in [6.45, 7) is 0. The lowest BCUT2D eigenvalue weighted by Crippen LogP contribution is -2.13. The fraction of sp³-hybridized carbons (Fsp3) is 0.200. The lowest BCUT2D eigenvalue weighted by molar-refractivity contribution is 0.405. The van der Waals surface area contributed by atoms with Crippen LogP contribution in [0.15, 0.2) is 40.9 Å². The Hall–Kier alpha value is -1.23. The number of ether oxygens (including phenoxy) is 2. The van der Waals surface area contributed by atoms with Crippen LogP contribution in [0.5, 0.6) is 11.5 Å². The van der Waals surface area contributed by atoms with Crippen molar-refractivity contribution < 1.29 is 9.47 Å². The van der Waals surface area contributed by atoms with Gasteiger partial charge in [-0.3, -0.25) is 0 Å². The molecule has 5 heteroatoms. The molecule has 0 saturated heterocycles. The normalized spacial score (nSPS) is 12.1. The van der Waals surface area contributed by atoms with Crippen LogP contribution >= 0.6 is 27.5 Å². The molecule has 0 aliphatic carbocycles. The summed E-state index contributed by atoms with van der Waals surface area (Å²) >= 11 is 9.53. The van der Waals surface area contributed by atoms with Crippen LogP contribution in [-0.2, 0) is 0 Å². The molecule has 1 atom stereocenters. The monoisotopic (exact) mass is 355 g/mol. The second kappa shape index (κ2) is 6.48. The van der Waals surface area contributed by atoms with Crippen molar-refractivity contribution in [2.45, 2.75) is 6.04 Å². The van der Waals surface area contributed by atoms with Crippen LogP contribution in [0.2, 0.25) is 5.02 Å². The Bertz CT molecular complexity index is 602. The average Bonchev–Trinajstić information content (AvgIpc) is 2.46. The highest BCUT2D eigenvalue weighted by Crippen LogP contribution is 2.37. The fourth-order valence-electron chi connectivity index (χ4n) is 2.02. The molecule has 0 amide bonds. The average molecular weight is 357 g/mol. The molecule has 0 aromatic heterocycles. The molecule has 0 aliphatic rings. The summed E-state index contributed by atoms with van der Waals surface area (Å²) in [7, 11) is 3.24. The predicted molar refractivity (Wildman–Crippen MR) is 84.7 cm³/mol. The van der Waals surface area contributed by atoms with Crippen molar-refractivity contribution >= 4 is 27.5 Å². The summed E-state index contributed by atoms with van der Waals surface area (Å²) in [6.07, 6.45) is 0. The van der Waals surface area contributed by atoms with Crippen molar-refractivity contribution in [1.29, 1.82) is 0 Å². The zero-order valence-corrected chi connectivity index (χ0v) is 13.5. The van der Waals surface area contributed by atoms with Gasteiger partial charge in [-0.15, -0.1) is 0 Å². The van der Waals surface area contributed by atoms with Crippen molar-refractivity contribution in [2.24, 2.45) is 5.73 Å². The number of hydrogen-bond donors (Lipinski definition) is 1. The molecule has 2 N–H and O–H groups in total. The molecule has 1 unspecified atom stereocenters. The number of nitrogens with two attached hydrogens (primary N) is 1. The highest BCUT2D eigenvalue weighted by atomic mass is 79.9. The van der Waals surface area contributed by atoms with Gasteiger partial charge in [-0.05, 0) is 45.8 Å². The molecule has 2 rings (SSSR count). The SMILES string of the molecule is COc1ccc(C(N)c2cc(Cl)cc(Br)c2OC)cc1. The highest BCUT2D eigenvalue weighted by molar-refractivity contribution is 9.10. The van der Waals surface area contributed by atoms with Gasteiger partial charge in [0.2, 0.25) is 0 Å². The quantitative estimate of drug-likeness (QED) is 0.894. The number of rotatable bonds is 4. The van der Waals surface area contributed by atoms with Crippen LogP contribution in [-0.4, -0.2) is 14.2 Å². The van der Waals surface area contributed by atoms with Gasteiger partial charge in [-0.1, -0.05) is 23.7 Å². The Kier molecular flexibility index (Phi) is 4.91. The molecule has 0 aliphatic heterocycles. The summed E-state index contributed by atoms with van der Waals surface area (Å²) in [5, 5.41) is 0.608. The molecule has 2 aromatic carbocycles. The summed E-state index contributed by atoms with van der Waals surface area (Å²) in [5.74, 6) is 1.48. The van der Waals surface area contributed by atoms with E-state index in [9.17, 15) is 0 Å². The van der Waals surface area contributed by atoms with Gasteiger partial charge in [0, 0.05) is 10.6 Å². The zero-order valence-electron chi connectivity index (χ0n) is 11.2. The van der Waals surface area contributed by atoms with Crippen molar-refractivity contribution in [3.63, 3.8) is 0 Å². The van der Waals surface area contributed by atoms with Gasteiger partial charge in [0.05, 0.1) is 24.7 Å². The Balaban J connectivity index is 2.43. The topological polar surface area (TPSA) is 44.5 Å². The molecular formula is C15H15BrClNO2. The summed E-state index contributed by atoms with van der Waals surface area (Å²) in [6, 6.07) is 10.9. The third-order valence-corrected chi connectivity index (χ3v) is 3.86. The number of hydrogen-bond acceptors (Lipinski definition) is 3. The smallest absolute Gasteiger partial charge is 0.138 e. The van der Waals surface area contributed by atoms with E-state index in [-0.39, 0.29) is 6.04 Å². The number of halogens is 2. The summed E-state index contributed by atoms with van der Waals surface area (Å²) in [5.41, 5.74) is 8.11. The van der Waals surface area contributed by atoms with Crippen molar-refractivity contribution in [1.82, 2.24) is 0 Å². The first-order valence-corrected chi connectivity index (χ1v) is 7.16. The predicted octanol–water partition coefficient (Wildman–Crippen LogP) is 4.17. The molecule has 0 heterocycles. The van der Waals surface area contributed by atoms with E-state index < -0.39 is 0 Å². The summed E-state index contributed by atoms with van der Waals surface area (Å²) < 4.78 is 11.3. The lowest BCUT2D eigenvalue weighted by atomic mass is 9.98. The molecule has 0 fully saturated rings. The van der Waals surface area contributed by atoms with Crippen molar-refractivity contribution in [3.05, 3.63) is 57.0 Å². The molecule has 2 aromatic rings. The highest BCUT2D eigenvalue weighted by Gasteiger charge is 2.17. The maximum Gasteiger partial charge on any atom is 0.138 e. The fourth-order valence-corrected chi connectivity index (χ4v) is 3.01. The largest absolute Gasteiger partial charge is 0.497 e. The first-order valence-electron chi connectivity index (χ1n) is 5.99. The van der Waals surface area contributed by atoms with Gasteiger partial charge >= 0.3 is 0 Å². The first-order chi connectivity index (χ1) is 9.56. The van der Waals surface area contributed by atoms with E-state index in [2.05, 4.69) is 15.9 Å². The van der Waals surface area contributed by atoms with Gasteiger partial charge in [0.25, 0.3) is 0 Å². The second-order valence-corrected chi connectivity index (χ2v) is 5.55. The standard InChI is InChI=1S/C15H15BrClNO2/c1-19-11-5-3-9(4-6-11)14(18)12-7-10(17)8-13(16)15(12)20-2/h3-8,14H,18H2,1-2H3. The van der Waals surface area contributed by atoms with Crippen LogP contribution in [0, 0.1) is 0 Å².